The summed E-state index contributed by atoms with van der Waals surface area (Å²) in [5, 5.41) is 4.96. The third kappa shape index (κ3) is 4.36. The average molecular weight is 363 g/mol. The van der Waals surface area contributed by atoms with E-state index in [0.29, 0.717) is 6.42 Å². The van der Waals surface area contributed by atoms with Gasteiger partial charge in [0.2, 0.25) is 5.91 Å². The molecular weight excluding hydrogens is 345 g/mol. The Balaban J connectivity index is 1.40. The zero-order chi connectivity index (χ0) is 16.9. The molecule has 0 saturated heterocycles. The largest absolute Gasteiger partial charge is 0.348 e. The van der Waals surface area contributed by atoms with Crippen molar-refractivity contribution in [2.45, 2.75) is 25.1 Å². The lowest BCUT2D eigenvalue weighted by Gasteiger charge is -2.11. The average Bonchev–Trinajstić information content (AvgIpc) is 3.15. The molecule has 1 amide bonds. The number of thioether (sulfide) groups is 1. The Morgan fingerprint density at radius 3 is 2.96 bits per heavy atom. The van der Waals surface area contributed by atoms with E-state index >= 15 is 0 Å². The van der Waals surface area contributed by atoms with E-state index in [9.17, 15) is 9.18 Å². The number of hydrogen-bond donors (Lipinski definition) is 1. The molecule has 1 aromatic carbocycles. The van der Waals surface area contributed by atoms with E-state index in [1.807, 2.05) is 29.1 Å². The maximum Gasteiger partial charge on any atom is 0.221 e. The topological polar surface area (TPSA) is 46.4 Å². The van der Waals surface area contributed by atoms with Crippen molar-refractivity contribution in [3.8, 4) is 0 Å². The molecule has 0 spiro atoms. The Morgan fingerprint density at radius 1 is 1.42 bits per heavy atom. The van der Waals surface area contributed by atoms with Gasteiger partial charge in [-0.3, -0.25) is 9.20 Å². The number of rotatable bonds is 7. The second-order valence-corrected chi connectivity index (χ2v) is 7.46. The summed E-state index contributed by atoms with van der Waals surface area (Å²) in [5.74, 6) is 1.30. The summed E-state index contributed by atoms with van der Waals surface area (Å²) in [5.41, 5.74) is 1.93. The van der Waals surface area contributed by atoms with E-state index in [1.54, 1.807) is 35.2 Å². The molecule has 0 aliphatic heterocycles. The molecule has 0 unspecified atom stereocenters. The first-order valence-electron chi connectivity index (χ1n) is 7.65. The van der Waals surface area contributed by atoms with E-state index < -0.39 is 0 Å². The fraction of sp³-hybridized carbons (Fsp3) is 0.294. The monoisotopic (exact) mass is 363 g/mol. The second-order valence-electron chi connectivity index (χ2n) is 5.48. The Labute approximate surface area is 148 Å². The highest BCUT2D eigenvalue weighted by Gasteiger charge is 2.13. The third-order valence-corrected chi connectivity index (χ3v) is 5.39. The van der Waals surface area contributed by atoms with Crippen molar-refractivity contribution in [3.63, 3.8) is 0 Å². The molecule has 0 saturated carbocycles. The van der Waals surface area contributed by atoms with Crippen molar-refractivity contribution in [1.29, 1.82) is 0 Å². The van der Waals surface area contributed by atoms with Gasteiger partial charge in [0.05, 0.1) is 11.7 Å². The van der Waals surface area contributed by atoms with Gasteiger partial charge in [-0.1, -0.05) is 12.1 Å². The summed E-state index contributed by atoms with van der Waals surface area (Å²) in [6.45, 7) is 1.94. The zero-order valence-corrected chi connectivity index (χ0v) is 14.9. The number of benzene rings is 1. The Bertz CT molecular complexity index is 784. The van der Waals surface area contributed by atoms with Crippen LogP contribution in [0.25, 0.3) is 4.96 Å². The van der Waals surface area contributed by atoms with Crippen LogP contribution in [-0.2, 0) is 10.5 Å². The molecule has 0 bridgehead atoms. The summed E-state index contributed by atoms with van der Waals surface area (Å²) >= 11 is 3.24. The van der Waals surface area contributed by atoms with Gasteiger partial charge >= 0.3 is 0 Å². The van der Waals surface area contributed by atoms with E-state index in [4.69, 9.17) is 0 Å². The van der Waals surface area contributed by atoms with Gasteiger partial charge in [0.1, 0.15) is 5.82 Å². The van der Waals surface area contributed by atoms with Crippen LogP contribution in [0.1, 0.15) is 30.6 Å². The predicted molar refractivity (Wildman–Crippen MR) is 96.8 cm³/mol. The van der Waals surface area contributed by atoms with E-state index in [0.717, 1.165) is 27.7 Å². The molecular formula is C17H18FN3OS2. The molecule has 2 heterocycles. The lowest BCUT2D eigenvalue weighted by Crippen LogP contribution is -2.27. The van der Waals surface area contributed by atoms with Gasteiger partial charge in [0.25, 0.3) is 0 Å². The predicted octanol–water partition coefficient (Wildman–Crippen LogP) is 4.04. The molecule has 0 radical (unpaired) electrons. The van der Waals surface area contributed by atoms with Crippen LogP contribution in [0.3, 0.4) is 0 Å². The van der Waals surface area contributed by atoms with Gasteiger partial charge in [-0.2, -0.15) is 11.8 Å². The molecule has 126 valence electrons. The standard InChI is InChI=1S/C17H18FN3OS2/c1-12(15-10-21-7-9-24-17(21)20-15)19-16(22)6-8-23-11-13-2-4-14(18)5-3-13/h2-5,7,9-10,12H,6,8,11H2,1H3,(H,19,22)/t12-/m0/s1. The number of halogens is 1. The highest BCUT2D eigenvalue weighted by atomic mass is 32.2. The van der Waals surface area contributed by atoms with Gasteiger partial charge in [0.15, 0.2) is 4.96 Å². The lowest BCUT2D eigenvalue weighted by molar-refractivity contribution is -0.121. The lowest BCUT2D eigenvalue weighted by atomic mass is 10.2. The van der Waals surface area contributed by atoms with E-state index in [2.05, 4.69) is 10.3 Å². The number of imidazole rings is 1. The van der Waals surface area contributed by atoms with Crippen LogP contribution < -0.4 is 5.32 Å². The molecule has 3 aromatic rings. The first kappa shape index (κ1) is 17.0. The minimum absolute atomic E-state index is 0.0189. The molecule has 0 fully saturated rings. The first-order chi connectivity index (χ1) is 11.6. The van der Waals surface area contributed by atoms with Crippen LogP contribution in [-0.4, -0.2) is 21.0 Å². The number of carbonyl (C=O) groups excluding carboxylic acids is 1. The summed E-state index contributed by atoms with van der Waals surface area (Å²) in [6.07, 6.45) is 4.36. The number of nitrogens with one attached hydrogen (secondary N) is 1. The SMILES string of the molecule is C[C@H](NC(=O)CCSCc1ccc(F)cc1)c1cn2ccsc2n1. The van der Waals surface area contributed by atoms with Crippen LogP contribution >= 0.6 is 23.1 Å². The maximum absolute atomic E-state index is 12.8. The fourth-order valence-electron chi connectivity index (χ4n) is 2.28. The Morgan fingerprint density at radius 2 is 2.21 bits per heavy atom. The highest BCUT2D eigenvalue weighted by molar-refractivity contribution is 7.98. The summed E-state index contributed by atoms with van der Waals surface area (Å²) in [6, 6.07) is 6.36. The zero-order valence-electron chi connectivity index (χ0n) is 13.2. The van der Waals surface area contributed by atoms with Crippen LogP contribution in [0.4, 0.5) is 4.39 Å². The van der Waals surface area contributed by atoms with Crippen molar-refractivity contribution >= 4 is 34.0 Å². The van der Waals surface area contributed by atoms with Crippen LogP contribution in [0.2, 0.25) is 0 Å². The van der Waals surface area contributed by atoms with Crippen LogP contribution in [0.15, 0.2) is 42.0 Å². The smallest absolute Gasteiger partial charge is 0.221 e. The normalized spacial score (nSPS) is 12.4. The molecule has 1 atom stereocenters. The summed E-state index contributed by atoms with van der Waals surface area (Å²) in [7, 11) is 0. The molecule has 7 heteroatoms. The van der Waals surface area contributed by atoms with Gasteiger partial charge in [0, 0.05) is 35.7 Å². The third-order valence-electron chi connectivity index (χ3n) is 3.59. The number of carbonyl (C=O) groups is 1. The minimum Gasteiger partial charge on any atom is -0.348 e. The number of nitrogens with zero attached hydrogens (tertiary/aromatic N) is 2. The van der Waals surface area contributed by atoms with Crippen molar-refractivity contribution in [1.82, 2.24) is 14.7 Å². The number of hydrogen-bond acceptors (Lipinski definition) is 4. The second kappa shape index (κ2) is 7.81. The molecule has 2 aromatic heterocycles. The molecule has 0 aliphatic rings. The molecule has 1 N–H and O–H groups in total. The van der Waals surface area contributed by atoms with Crippen molar-refractivity contribution in [3.05, 3.63) is 59.1 Å². The minimum atomic E-state index is -0.226. The highest BCUT2D eigenvalue weighted by Crippen LogP contribution is 2.17. The van der Waals surface area contributed by atoms with Gasteiger partial charge in [-0.15, -0.1) is 11.3 Å². The Hall–Kier alpha value is -1.86. The van der Waals surface area contributed by atoms with Crippen molar-refractivity contribution < 1.29 is 9.18 Å². The van der Waals surface area contributed by atoms with E-state index in [1.165, 1.54) is 12.1 Å². The van der Waals surface area contributed by atoms with Crippen LogP contribution in [0.5, 0.6) is 0 Å². The number of thiazole rings is 1. The Kier molecular flexibility index (Phi) is 5.52. The van der Waals surface area contributed by atoms with Gasteiger partial charge in [-0.25, -0.2) is 9.37 Å². The fourth-order valence-corrected chi connectivity index (χ4v) is 3.89. The maximum atomic E-state index is 12.8. The molecule has 0 aliphatic carbocycles. The molecule has 3 rings (SSSR count). The van der Waals surface area contributed by atoms with Gasteiger partial charge in [-0.05, 0) is 24.6 Å². The number of aromatic nitrogens is 2. The van der Waals surface area contributed by atoms with Gasteiger partial charge < -0.3 is 5.32 Å². The number of fused-ring (bicyclic) bond motifs is 1. The summed E-state index contributed by atoms with van der Waals surface area (Å²) in [4.78, 5) is 17.5. The van der Waals surface area contributed by atoms with E-state index in [-0.39, 0.29) is 17.8 Å². The molecule has 4 nitrogen and oxygen atoms in total. The quantitative estimate of drug-likeness (QED) is 0.645. The molecule has 24 heavy (non-hydrogen) atoms. The van der Waals surface area contributed by atoms with Crippen molar-refractivity contribution in [2.24, 2.45) is 0 Å². The van der Waals surface area contributed by atoms with Crippen LogP contribution in [0, 0.1) is 5.82 Å². The first-order valence-corrected chi connectivity index (χ1v) is 9.69. The van der Waals surface area contributed by atoms with Crippen molar-refractivity contribution in [2.75, 3.05) is 5.75 Å². The number of amides is 1. The summed E-state index contributed by atoms with van der Waals surface area (Å²) < 4.78 is 14.8.